The third kappa shape index (κ3) is 3.21. The number of thiazole rings is 1. The highest BCUT2D eigenvalue weighted by molar-refractivity contribution is 7.16. The molecule has 2 aromatic rings. The normalized spacial score (nSPS) is 17.8. The molecule has 2 aliphatic heterocycles. The Morgan fingerprint density at radius 2 is 2.22 bits per heavy atom. The average Bonchev–Trinajstić information content (AvgIpc) is 2.91. The summed E-state index contributed by atoms with van der Waals surface area (Å²) in [7, 11) is 0. The van der Waals surface area contributed by atoms with E-state index in [1.54, 1.807) is 11.3 Å². The Morgan fingerprint density at radius 3 is 3.09 bits per heavy atom. The number of hydrogen-bond acceptors (Lipinski definition) is 5. The highest BCUT2D eigenvalue weighted by Gasteiger charge is 2.21. The van der Waals surface area contributed by atoms with Gasteiger partial charge in [-0.05, 0) is 50.9 Å². The number of nitrogens with one attached hydrogen (secondary N) is 2. The zero-order chi connectivity index (χ0) is 15.6. The molecule has 4 nitrogen and oxygen atoms in total. The third-order valence-corrected chi connectivity index (χ3v) is 5.75. The van der Waals surface area contributed by atoms with Gasteiger partial charge in [0.25, 0.3) is 0 Å². The summed E-state index contributed by atoms with van der Waals surface area (Å²) in [5.41, 5.74) is 3.50. The fourth-order valence-electron chi connectivity index (χ4n) is 3.33. The number of nitrogens with zero attached hydrogens (tertiary/aromatic N) is 1. The SMILES string of the molecule is Cc1ccc2c(c1)-c1nc(NCC3CCNCC3)sc1CCO2. The van der Waals surface area contributed by atoms with E-state index in [9.17, 15) is 0 Å². The summed E-state index contributed by atoms with van der Waals surface area (Å²) >= 11 is 1.79. The number of anilines is 1. The Kier molecular flexibility index (Phi) is 4.23. The van der Waals surface area contributed by atoms with Crippen LogP contribution in [0.1, 0.15) is 23.3 Å². The first kappa shape index (κ1) is 15.0. The number of aryl methyl sites for hydroxylation is 1. The van der Waals surface area contributed by atoms with Crippen LogP contribution in [0.25, 0.3) is 11.3 Å². The summed E-state index contributed by atoms with van der Waals surface area (Å²) in [6, 6.07) is 6.36. The monoisotopic (exact) mass is 329 g/mol. The van der Waals surface area contributed by atoms with E-state index in [1.165, 1.54) is 23.3 Å². The molecule has 3 heterocycles. The third-order valence-electron chi connectivity index (χ3n) is 4.67. The number of ether oxygens (including phenoxy) is 1. The molecule has 0 unspecified atom stereocenters. The highest BCUT2D eigenvalue weighted by Crippen LogP contribution is 2.39. The minimum atomic E-state index is 0.735. The second-order valence-corrected chi connectivity index (χ2v) is 7.55. The molecule has 1 fully saturated rings. The van der Waals surface area contributed by atoms with Crippen LogP contribution in [0.5, 0.6) is 5.75 Å². The molecule has 5 heteroatoms. The lowest BCUT2D eigenvalue weighted by molar-refractivity contribution is 0.327. The van der Waals surface area contributed by atoms with Crippen molar-refractivity contribution < 1.29 is 4.74 Å². The van der Waals surface area contributed by atoms with Gasteiger partial charge in [0.05, 0.1) is 12.3 Å². The molecule has 0 radical (unpaired) electrons. The second kappa shape index (κ2) is 6.49. The molecule has 1 aromatic carbocycles. The molecule has 4 rings (SSSR count). The van der Waals surface area contributed by atoms with Gasteiger partial charge >= 0.3 is 0 Å². The van der Waals surface area contributed by atoms with E-state index >= 15 is 0 Å². The molecule has 0 bridgehead atoms. The maximum Gasteiger partial charge on any atom is 0.183 e. The van der Waals surface area contributed by atoms with Gasteiger partial charge in [-0.3, -0.25) is 0 Å². The molecule has 0 atom stereocenters. The quantitative estimate of drug-likeness (QED) is 0.905. The van der Waals surface area contributed by atoms with Crippen molar-refractivity contribution in [3.05, 3.63) is 28.6 Å². The Labute approximate surface area is 141 Å². The largest absolute Gasteiger partial charge is 0.493 e. The van der Waals surface area contributed by atoms with Crippen molar-refractivity contribution in [2.24, 2.45) is 5.92 Å². The summed E-state index contributed by atoms with van der Waals surface area (Å²) in [5.74, 6) is 1.72. The van der Waals surface area contributed by atoms with E-state index in [4.69, 9.17) is 9.72 Å². The molecule has 23 heavy (non-hydrogen) atoms. The smallest absolute Gasteiger partial charge is 0.183 e. The lowest BCUT2D eigenvalue weighted by atomic mass is 9.98. The van der Waals surface area contributed by atoms with Crippen molar-refractivity contribution in [1.29, 1.82) is 0 Å². The summed E-state index contributed by atoms with van der Waals surface area (Å²) in [6.45, 7) is 6.17. The van der Waals surface area contributed by atoms with Gasteiger partial charge in [0.15, 0.2) is 5.13 Å². The van der Waals surface area contributed by atoms with Crippen molar-refractivity contribution in [3.8, 4) is 17.0 Å². The lowest BCUT2D eigenvalue weighted by Gasteiger charge is -2.22. The topological polar surface area (TPSA) is 46.2 Å². The second-order valence-electron chi connectivity index (χ2n) is 6.46. The van der Waals surface area contributed by atoms with Crippen molar-refractivity contribution in [2.75, 3.05) is 31.6 Å². The van der Waals surface area contributed by atoms with Crippen molar-refractivity contribution in [3.63, 3.8) is 0 Å². The van der Waals surface area contributed by atoms with E-state index < -0.39 is 0 Å². The zero-order valence-corrected chi connectivity index (χ0v) is 14.3. The van der Waals surface area contributed by atoms with Crippen molar-refractivity contribution in [2.45, 2.75) is 26.2 Å². The van der Waals surface area contributed by atoms with Gasteiger partial charge in [-0.25, -0.2) is 4.98 Å². The average molecular weight is 329 g/mol. The fraction of sp³-hybridized carbons (Fsp3) is 0.500. The number of aromatic nitrogens is 1. The molecule has 122 valence electrons. The fourth-order valence-corrected chi connectivity index (χ4v) is 4.30. The molecular formula is C18H23N3OS. The molecule has 0 spiro atoms. The standard InChI is InChI=1S/C18H23N3OS/c1-12-2-3-15-14(10-12)17-16(6-9-22-15)23-18(21-17)20-11-13-4-7-19-8-5-13/h2-3,10,13,19H,4-9,11H2,1H3,(H,20,21). The predicted molar refractivity (Wildman–Crippen MR) is 95.6 cm³/mol. The first-order valence-electron chi connectivity index (χ1n) is 8.48. The Balaban J connectivity index is 1.56. The van der Waals surface area contributed by atoms with Crippen LogP contribution in [-0.2, 0) is 6.42 Å². The predicted octanol–water partition coefficient (Wildman–Crippen LogP) is 3.46. The van der Waals surface area contributed by atoms with E-state index in [0.717, 1.165) is 60.7 Å². The van der Waals surface area contributed by atoms with Crippen molar-refractivity contribution in [1.82, 2.24) is 10.3 Å². The van der Waals surface area contributed by atoms with Crippen molar-refractivity contribution >= 4 is 16.5 Å². The van der Waals surface area contributed by atoms with E-state index in [0.29, 0.717) is 0 Å². The summed E-state index contributed by atoms with van der Waals surface area (Å²) in [5, 5.41) is 8.06. The zero-order valence-electron chi connectivity index (χ0n) is 13.5. The number of fused-ring (bicyclic) bond motifs is 3. The van der Waals surface area contributed by atoms with Crippen LogP contribution in [0, 0.1) is 12.8 Å². The first-order chi connectivity index (χ1) is 11.3. The minimum Gasteiger partial charge on any atom is -0.493 e. The summed E-state index contributed by atoms with van der Waals surface area (Å²) in [4.78, 5) is 6.22. The van der Waals surface area contributed by atoms with Gasteiger partial charge in [-0.2, -0.15) is 0 Å². The van der Waals surface area contributed by atoms with Gasteiger partial charge in [0.2, 0.25) is 0 Å². The minimum absolute atomic E-state index is 0.735. The van der Waals surface area contributed by atoms with Gasteiger partial charge < -0.3 is 15.4 Å². The number of piperidine rings is 1. The van der Waals surface area contributed by atoms with Crippen LogP contribution in [0.2, 0.25) is 0 Å². The lowest BCUT2D eigenvalue weighted by Crippen LogP contribution is -2.31. The Bertz CT molecular complexity index is 692. The summed E-state index contributed by atoms with van der Waals surface area (Å²) < 4.78 is 5.88. The van der Waals surface area contributed by atoms with Crippen LogP contribution in [0.3, 0.4) is 0 Å². The van der Waals surface area contributed by atoms with Gasteiger partial charge in [-0.15, -0.1) is 11.3 Å². The molecule has 2 aliphatic rings. The van der Waals surface area contributed by atoms with E-state index in [2.05, 4.69) is 35.8 Å². The molecule has 2 N–H and O–H groups in total. The maximum atomic E-state index is 5.88. The van der Waals surface area contributed by atoms with E-state index in [-0.39, 0.29) is 0 Å². The highest BCUT2D eigenvalue weighted by atomic mass is 32.1. The number of rotatable bonds is 3. The molecule has 0 aliphatic carbocycles. The van der Waals surface area contributed by atoms with Crippen LogP contribution in [-0.4, -0.2) is 31.2 Å². The summed E-state index contributed by atoms with van der Waals surface area (Å²) in [6.07, 6.45) is 3.46. The maximum absolute atomic E-state index is 5.88. The molecule has 0 amide bonds. The molecule has 0 saturated carbocycles. The van der Waals surface area contributed by atoms with Crippen LogP contribution in [0.15, 0.2) is 18.2 Å². The van der Waals surface area contributed by atoms with Crippen LogP contribution in [0.4, 0.5) is 5.13 Å². The Hall–Kier alpha value is -1.59. The molecule has 1 saturated heterocycles. The van der Waals surface area contributed by atoms with E-state index in [1.807, 2.05) is 0 Å². The number of hydrogen-bond donors (Lipinski definition) is 2. The molecule has 1 aromatic heterocycles. The Morgan fingerprint density at radius 1 is 1.35 bits per heavy atom. The molecular weight excluding hydrogens is 306 g/mol. The van der Waals surface area contributed by atoms with Crippen LogP contribution < -0.4 is 15.4 Å². The first-order valence-corrected chi connectivity index (χ1v) is 9.29. The van der Waals surface area contributed by atoms with Crippen LogP contribution >= 0.6 is 11.3 Å². The van der Waals surface area contributed by atoms with Gasteiger partial charge in [-0.1, -0.05) is 11.6 Å². The number of benzene rings is 1. The van der Waals surface area contributed by atoms with Gasteiger partial charge in [0, 0.05) is 23.4 Å². The van der Waals surface area contributed by atoms with Gasteiger partial charge in [0.1, 0.15) is 5.75 Å².